The predicted molar refractivity (Wildman–Crippen MR) is 242 cm³/mol. The van der Waals surface area contributed by atoms with E-state index in [0.29, 0.717) is 25.9 Å². The van der Waals surface area contributed by atoms with Crippen LogP contribution in [0, 0.1) is 0 Å². The minimum atomic E-state index is -0.725. The Morgan fingerprint density at radius 1 is 0.368 bits per heavy atom. The maximum atomic E-state index is 13.2. The molecule has 0 saturated carbocycles. The van der Waals surface area contributed by atoms with Crippen molar-refractivity contribution in [3.63, 3.8) is 0 Å². The third-order valence-corrected chi connectivity index (χ3v) is 11.5. The van der Waals surface area contributed by atoms with E-state index in [9.17, 15) is 19.2 Å². The van der Waals surface area contributed by atoms with Crippen molar-refractivity contribution < 1.29 is 24.3 Å². The van der Waals surface area contributed by atoms with Crippen LogP contribution in [0.4, 0.5) is 0 Å². The van der Waals surface area contributed by atoms with Crippen molar-refractivity contribution in [3.05, 3.63) is 0 Å². The van der Waals surface area contributed by atoms with Crippen LogP contribution in [0.15, 0.2) is 0 Å². The maximum absolute atomic E-state index is 13.2. The number of aliphatic carboxylic acids is 1. The second-order valence-corrected chi connectivity index (χ2v) is 17.2. The van der Waals surface area contributed by atoms with Crippen LogP contribution in [0.3, 0.4) is 0 Å². The van der Waals surface area contributed by atoms with Gasteiger partial charge in [0, 0.05) is 32.4 Å². The quantitative estimate of drug-likeness (QED) is 0.0456. The van der Waals surface area contributed by atoms with Crippen molar-refractivity contribution in [2.24, 2.45) is 0 Å². The Balaban J connectivity index is 4.31. The largest absolute Gasteiger partial charge is 0.481 e. The summed E-state index contributed by atoms with van der Waals surface area (Å²) < 4.78 is 0. The first-order valence-electron chi connectivity index (χ1n) is 25.0. The number of carboxylic acid groups (broad SMARTS) is 1. The van der Waals surface area contributed by atoms with E-state index in [1.807, 2.05) is 0 Å². The summed E-state index contributed by atoms with van der Waals surface area (Å²) >= 11 is 0. The number of carboxylic acids is 1. The minimum Gasteiger partial charge on any atom is -0.481 e. The Morgan fingerprint density at radius 3 is 1.05 bits per heavy atom. The molecule has 0 aromatic rings. The molecule has 336 valence electrons. The van der Waals surface area contributed by atoms with Gasteiger partial charge in [-0.3, -0.25) is 19.2 Å². The van der Waals surface area contributed by atoms with Crippen LogP contribution in [0.5, 0.6) is 0 Å². The van der Waals surface area contributed by atoms with Crippen molar-refractivity contribution in [3.8, 4) is 0 Å². The van der Waals surface area contributed by atoms with Crippen LogP contribution >= 0.6 is 0 Å². The topological polar surface area (TPSA) is 125 Å². The van der Waals surface area contributed by atoms with E-state index in [0.717, 1.165) is 77.0 Å². The van der Waals surface area contributed by atoms with Gasteiger partial charge < -0.3 is 21.1 Å². The number of hydrogen-bond donors (Lipinski definition) is 4. The summed E-state index contributed by atoms with van der Waals surface area (Å²) in [6, 6.07) is -0.693. The third kappa shape index (κ3) is 43.3. The van der Waals surface area contributed by atoms with Crippen LogP contribution in [0.1, 0.15) is 271 Å². The zero-order valence-corrected chi connectivity index (χ0v) is 37.9. The molecule has 1 atom stereocenters. The van der Waals surface area contributed by atoms with Crippen molar-refractivity contribution in [1.82, 2.24) is 16.0 Å². The van der Waals surface area contributed by atoms with E-state index in [2.05, 4.69) is 29.8 Å². The monoisotopic (exact) mass is 806 g/mol. The first-order valence-corrected chi connectivity index (χ1v) is 25.0. The van der Waals surface area contributed by atoms with E-state index in [4.69, 9.17) is 5.11 Å². The number of rotatable bonds is 46. The molecule has 8 heteroatoms. The van der Waals surface area contributed by atoms with Crippen molar-refractivity contribution >= 4 is 23.7 Å². The summed E-state index contributed by atoms with van der Waals surface area (Å²) in [6.07, 6.45) is 45.3. The summed E-state index contributed by atoms with van der Waals surface area (Å²) in [5.41, 5.74) is 0. The highest BCUT2D eigenvalue weighted by Crippen LogP contribution is 2.15. The lowest BCUT2D eigenvalue weighted by Crippen LogP contribution is -2.47. The Kier molecular flexibility index (Phi) is 43.3. The zero-order chi connectivity index (χ0) is 41.7. The molecular formula is C49H95N3O5. The molecule has 0 spiro atoms. The molecule has 57 heavy (non-hydrogen) atoms. The predicted octanol–water partition coefficient (Wildman–Crippen LogP) is 13.4. The van der Waals surface area contributed by atoms with E-state index in [-0.39, 0.29) is 30.6 Å². The van der Waals surface area contributed by atoms with E-state index < -0.39 is 12.0 Å². The molecule has 0 aliphatic rings. The molecule has 0 aliphatic heterocycles. The molecule has 0 fully saturated rings. The van der Waals surface area contributed by atoms with Gasteiger partial charge in [0.05, 0.1) is 0 Å². The molecule has 0 aliphatic carbocycles. The van der Waals surface area contributed by atoms with Gasteiger partial charge in [-0.25, -0.2) is 0 Å². The van der Waals surface area contributed by atoms with E-state index in [1.165, 1.54) is 154 Å². The molecule has 0 aromatic carbocycles. The van der Waals surface area contributed by atoms with Crippen LogP contribution in [0.25, 0.3) is 0 Å². The van der Waals surface area contributed by atoms with Crippen molar-refractivity contribution in [2.45, 2.75) is 277 Å². The molecule has 0 heterocycles. The molecule has 8 nitrogen and oxygen atoms in total. The van der Waals surface area contributed by atoms with Crippen LogP contribution < -0.4 is 16.0 Å². The molecule has 4 N–H and O–H groups in total. The molecule has 1 unspecified atom stereocenters. The smallest absolute Gasteiger partial charge is 0.303 e. The molecule has 0 bridgehead atoms. The molecule has 0 aromatic heterocycles. The number of carbonyl (C=O) groups excluding carboxylic acids is 3. The Labute approximate surface area is 352 Å². The average Bonchev–Trinajstić information content (AvgIpc) is 3.19. The number of nitrogens with one attached hydrogen (secondary N) is 3. The lowest BCUT2D eigenvalue weighted by Gasteiger charge is -2.18. The molecular weight excluding hydrogens is 711 g/mol. The second-order valence-electron chi connectivity index (χ2n) is 17.2. The maximum Gasteiger partial charge on any atom is 0.303 e. The lowest BCUT2D eigenvalue weighted by molar-refractivity contribution is -0.137. The summed E-state index contributed by atoms with van der Waals surface area (Å²) in [5.74, 6) is -1.08. The minimum absolute atomic E-state index is 0.0494. The van der Waals surface area contributed by atoms with Crippen LogP contribution in [-0.4, -0.2) is 47.9 Å². The first kappa shape index (κ1) is 54.9. The average molecular weight is 806 g/mol. The van der Waals surface area contributed by atoms with Gasteiger partial charge >= 0.3 is 5.97 Å². The summed E-state index contributed by atoms with van der Waals surface area (Å²) in [6.45, 7) is 5.81. The van der Waals surface area contributed by atoms with E-state index >= 15 is 0 Å². The summed E-state index contributed by atoms with van der Waals surface area (Å²) in [4.78, 5) is 49.4. The third-order valence-electron chi connectivity index (χ3n) is 11.5. The highest BCUT2D eigenvalue weighted by Gasteiger charge is 2.21. The lowest BCUT2D eigenvalue weighted by atomic mass is 10.0. The molecule has 3 amide bonds. The molecule has 0 rings (SSSR count). The normalized spacial score (nSPS) is 11.8. The van der Waals surface area contributed by atoms with Gasteiger partial charge in [0.1, 0.15) is 6.04 Å². The number of unbranched alkanes of at least 4 members (excludes halogenated alkanes) is 33. The first-order chi connectivity index (χ1) is 27.9. The van der Waals surface area contributed by atoms with Crippen LogP contribution in [-0.2, 0) is 19.2 Å². The fourth-order valence-electron chi connectivity index (χ4n) is 7.72. The fraction of sp³-hybridized carbons (Fsp3) is 0.918. The van der Waals surface area contributed by atoms with Crippen molar-refractivity contribution in [2.75, 3.05) is 13.1 Å². The number of hydrogen-bond acceptors (Lipinski definition) is 4. The standard InChI is InChI=1S/C49H95N3O5/c1-3-5-7-9-11-13-15-17-19-21-25-29-33-37-43-50-46(53)42-41-45(52-47(54)39-35-31-27-23-24-28-32-36-40-48(55)56)49(57)51-44-38-34-30-26-22-20-18-16-14-12-10-8-6-4-2/h45H,3-44H2,1-2H3,(H,50,53)(H,51,57)(H,52,54)(H,55,56). The zero-order valence-electron chi connectivity index (χ0n) is 37.9. The van der Waals surface area contributed by atoms with Gasteiger partial charge in [-0.2, -0.15) is 0 Å². The van der Waals surface area contributed by atoms with Gasteiger partial charge in [-0.05, 0) is 32.1 Å². The number of amides is 3. The Hall–Kier alpha value is -2.12. The van der Waals surface area contributed by atoms with Gasteiger partial charge in [0.2, 0.25) is 17.7 Å². The van der Waals surface area contributed by atoms with Gasteiger partial charge in [-0.15, -0.1) is 0 Å². The Bertz CT molecular complexity index is 913. The fourth-order valence-corrected chi connectivity index (χ4v) is 7.72. The van der Waals surface area contributed by atoms with Gasteiger partial charge in [-0.1, -0.05) is 219 Å². The molecule has 0 radical (unpaired) electrons. The highest BCUT2D eigenvalue weighted by molar-refractivity contribution is 5.88. The van der Waals surface area contributed by atoms with E-state index in [1.54, 1.807) is 0 Å². The number of carbonyl (C=O) groups is 4. The SMILES string of the molecule is CCCCCCCCCCCCCCCCNC(=O)CCC(NC(=O)CCCCCCCCCCC(=O)O)C(=O)NCCCCCCCCCCCCCCCC. The van der Waals surface area contributed by atoms with Crippen molar-refractivity contribution in [1.29, 1.82) is 0 Å². The molecule has 0 saturated heterocycles. The van der Waals surface area contributed by atoms with Crippen LogP contribution in [0.2, 0.25) is 0 Å². The summed E-state index contributed by atoms with van der Waals surface area (Å²) in [7, 11) is 0. The Morgan fingerprint density at radius 2 is 0.684 bits per heavy atom. The van der Waals surface area contributed by atoms with Gasteiger partial charge in [0.15, 0.2) is 0 Å². The second kappa shape index (κ2) is 45.0. The summed E-state index contributed by atoms with van der Waals surface area (Å²) in [5, 5.41) is 17.8. The van der Waals surface area contributed by atoms with Gasteiger partial charge in [0.25, 0.3) is 0 Å². The highest BCUT2D eigenvalue weighted by atomic mass is 16.4.